The molecule has 2 aliphatic heterocycles. The first kappa shape index (κ1) is 15.8. The molecule has 6 nitrogen and oxygen atoms in total. The second-order valence-corrected chi connectivity index (χ2v) is 6.33. The van der Waals surface area contributed by atoms with Gasteiger partial charge >= 0.3 is 0 Å². The van der Waals surface area contributed by atoms with E-state index in [1.165, 1.54) is 0 Å². The maximum Gasteiger partial charge on any atom is 0.255 e. The van der Waals surface area contributed by atoms with E-state index in [9.17, 15) is 9.59 Å². The molecule has 3 N–H and O–H groups in total. The molecular formula is C17H23N3O3. The van der Waals surface area contributed by atoms with Gasteiger partial charge in [0.2, 0.25) is 0 Å². The fraction of sp³-hybridized carbons (Fsp3) is 0.529. The minimum Gasteiger partial charge on any atom is -0.484 e. The summed E-state index contributed by atoms with van der Waals surface area (Å²) in [5.41, 5.74) is 5.69. The number of benzene rings is 1. The highest BCUT2D eigenvalue weighted by Crippen LogP contribution is 2.27. The third-order valence-corrected chi connectivity index (χ3v) is 4.79. The molecule has 2 fully saturated rings. The summed E-state index contributed by atoms with van der Waals surface area (Å²) in [5.74, 6) is 1.50. The lowest BCUT2D eigenvalue weighted by Crippen LogP contribution is -2.32. The van der Waals surface area contributed by atoms with Gasteiger partial charge < -0.3 is 20.7 Å². The summed E-state index contributed by atoms with van der Waals surface area (Å²) in [6, 6.07) is 6.89. The van der Waals surface area contributed by atoms with Gasteiger partial charge in [-0.15, -0.1) is 0 Å². The first-order valence-electron chi connectivity index (χ1n) is 8.14. The normalized spacial score (nSPS) is 23.9. The van der Waals surface area contributed by atoms with Gasteiger partial charge in [0.1, 0.15) is 5.75 Å². The van der Waals surface area contributed by atoms with Gasteiger partial charge in [0.05, 0.1) is 0 Å². The minimum atomic E-state index is -0.519. The lowest BCUT2D eigenvalue weighted by atomic mass is 9.92. The van der Waals surface area contributed by atoms with Crippen molar-refractivity contribution in [2.24, 2.45) is 17.6 Å². The second kappa shape index (κ2) is 7.00. The summed E-state index contributed by atoms with van der Waals surface area (Å²) >= 11 is 0. The molecule has 2 saturated heterocycles. The topological polar surface area (TPSA) is 84.7 Å². The Morgan fingerprint density at radius 2 is 1.74 bits per heavy atom. The SMILES string of the molecule is NC(=O)COc1ccc(C(=O)N2CC[C@@H]3CNC[C@@H]3CC2)cc1. The quantitative estimate of drug-likeness (QED) is 0.853. The summed E-state index contributed by atoms with van der Waals surface area (Å²) in [4.78, 5) is 25.3. The van der Waals surface area contributed by atoms with E-state index in [-0.39, 0.29) is 12.5 Å². The van der Waals surface area contributed by atoms with Crippen LogP contribution in [0.5, 0.6) is 5.75 Å². The third-order valence-electron chi connectivity index (χ3n) is 4.79. The van der Waals surface area contributed by atoms with E-state index in [2.05, 4.69) is 5.32 Å². The number of hydrogen-bond acceptors (Lipinski definition) is 4. The number of nitrogens with zero attached hydrogens (tertiary/aromatic N) is 1. The van der Waals surface area contributed by atoms with Gasteiger partial charge in [0.25, 0.3) is 11.8 Å². The Kier molecular flexibility index (Phi) is 4.81. The molecule has 1 aromatic carbocycles. The molecule has 2 amide bonds. The van der Waals surface area contributed by atoms with E-state index in [0.29, 0.717) is 23.1 Å². The average Bonchev–Trinajstić information content (AvgIpc) is 2.91. The number of amides is 2. The molecule has 2 aliphatic rings. The van der Waals surface area contributed by atoms with E-state index < -0.39 is 5.91 Å². The highest BCUT2D eigenvalue weighted by molar-refractivity contribution is 5.94. The first-order chi connectivity index (χ1) is 11.1. The van der Waals surface area contributed by atoms with Crippen LogP contribution in [0, 0.1) is 11.8 Å². The summed E-state index contributed by atoms with van der Waals surface area (Å²) < 4.78 is 5.21. The van der Waals surface area contributed by atoms with Crippen LogP contribution in [0.2, 0.25) is 0 Å². The number of ether oxygens (including phenoxy) is 1. The van der Waals surface area contributed by atoms with E-state index in [0.717, 1.165) is 39.0 Å². The van der Waals surface area contributed by atoms with Crippen LogP contribution < -0.4 is 15.8 Å². The first-order valence-corrected chi connectivity index (χ1v) is 8.14. The van der Waals surface area contributed by atoms with Gasteiger partial charge in [0, 0.05) is 18.7 Å². The van der Waals surface area contributed by atoms with Crippen LogP contribution in [0.1, 0.15) is 23.2 Å². The molecule has 23 heavy (non-hydrogen) atoms. The molecule has 0 saturated carbocycles. The molecule has 0 aromatic heterocycles. The van der Waals surface area contributed by atoms with Gasteiger partial charge in [-0.1, -0.05) is 0 Å². The molecule has 0 radical (unpaired) electrons. The molecule has 0 bridgehead atoms. The standard InChI is InChI=1S/C17H23N3O3/c18-16(21)11-23-15-3-1-12(2-4-15)17(22)20-7-5-13-9-19-10-14(13)6-8-20/h1-4,13-14,19H,5-11H2,(H2,18,21)/t13-,14+. The van der Waals surface area contributed by atoms with Crippen LogP contribution in [-0.2, 0) is 4.79 Å². The van der Waals surface area contributed by atoms with E-state index >= 15 is 0 Å². The Balaban J connectivity index is 1.60. The zero-order valence-corrected chi connectivity index (χ0v) is 13.2. The fourth-order valence-corrected chi connectivity index (χ4v) is 3.45. The number of nitrogens with one attached hydrogen (secondary N) is 1. The van der Waals surface area contributed by atoms with Crippen molar-refractivity contribution in [1.29, 1.82) is 0 Å². The van der Waals surface area contributed by atoms with Crippen molar-refractivity contribution >= 4 is 11.8 Å². The van der Waals surface area contributed by atoms with Gasteiger partial charge in [-0.3, -0.25) is 9.59 Å². The molecule has 0 unspecified atom stereocenters. The predicted octanol–water partition coefficient (Wildman–Crippen LogP) is 0.622. The number of likely N-dealkylation sites (tertiary alicyclic amines) is 1. The van der Waals surface area contributed by atoms with E-state index in [1.54, 1.807) is 24.3 Å². The number of fused-ring (bicyclic) bond motifs is 1. The molecule has 6 heteroatoms. The van der Waals surface area contributed by atoms with Gasteiger partial charge in [-0.05, 0) is 62.0 Å². The van der Waals surface area contributed by atoms with Crippen molar-refractivity contribution in [2.75, 3.05) is 32.8 Å². The Morgan fingerprint density at radius 1 is 1.13 bits per heavy atom. The van der Waals surface area contributed by atoms with Crippen molar-refractivity contribution in [3.05, 3.63) is 29.8 Å². The van der Waals surface area contributed by atoms with Gasteiger partial charge in [0.15, 0.2) is 6.61 Å². The smallest absolute Gasteiger partial charge is 0.255 e. The van der Waals surface area contributed by atoms with Gasteiger partial charge in [-0.2, -0.15) is 0 Å². The fourth-order valence-electron chi connectivity index (χ4n) is 3.45. The van der Waals surface area contributed by atoms with Crippen molar-refractivity contribution in [3.63, 3.8) is 0 Å². The molecule has 1 aromatic rings. The zero-order valence-electron chi connectivity index (χ0n) is 13.2. The van der Waals surface area contributed by atoms with Crippen LogP contribution in [-0.4, -0.2) is 49.5 Å². The van der Waals surface area contributed by atoms with Crippen LogP contribution in [0.15, 0.2) is 24.3 Å². The molecular weight excluding hydrogens is 294 g/mol. The van der Waals surface area contributed by atoms with Crippen molar-refractivity contribution in [3.8, 4) is 5.75 Å². The monoisotopic (exact) mass is 317 g/mol. The lowest BCUT2D eigenvalue weighted by Gasteiger charge is -2.21. The minimum absolute atomic E-state index is 0.0689. The van der Waals surface area contributed by atoms with E-state index in [1.807, 2.05) is 4.90 Å². The number of primary amides is 1. The Bertz CT molecular complexity index is 559. The second-order valence-electron chi connectivity index (χ2n) is 6.33. The summed E-state index contributed by atoms with van der Waals surface area (Å²) in [7, 11) is 0. The van der Waals surface area contributed by atoms with Crippen molar-refractivity contribution in [1.82, 2.24) is 10.2 Å². The number of nitrogens with two attached hydrogens (primary N) is 1. The van der Waals surface area contributed by atoms with E-state index in [4.69, 9.17) is 10.5 Å². The number of hydrogen-bond donors (Lipinski definition) is 2. The van der Waals surface area contributed by atoms with Crippen LogP contribution in [0.3, 0.4) is 0 Å². The predicted molar refractivity (Wildman–Crippen MR) is 86.1 cm³/mol. The molecule has 3 rings (SSSR count). The molecule has 2 heterocycles. The summed E-state index contributed by atoms with van der Waals surface area (Å²) in [6.45, 7) is 3.65. The number of carbonyl (C=O) groups excluding carboxylic acids is 2. The van der Waals surface area contributed by atoms with Crippen molar-refractivity contribution < 1.29 is 14.3 Å². The number of rotatable bonds is 4. The Hall–Kier alpha value is -2.08. The summed E-state index contributed by atoms with van der Waals surface area (Å²) in [5, 5.41) is 3.44. The average molecular weight is 317 g/mol. The molecule has 0 spiro atoms. The van der Waals surface area contributed by atoms with Crippen LogP contribution in [0.4, 0.5) is 0 Å². The maximum absolute atomic E-state index is 12.6. The third kappa shape index (κ3) is 3.82. The molecule has 2 atom stereocenters. The molecule has 124 valence electrons. The lowest BCUT2D eigenvalue weighted by molar-refractivity contribution is -0.119. The summed E-state index contributed by atoms with van der Waals surface area (Å²) in [6.07, 6.45) is 2.15. The van der Waals surface area contributed by atoms with Crippen LogP contribution >= 0.6 is 0 Å². The Labute approximate surface area is 136 Å². The van der Waals surface area contributed by atoms with Crippen LogP contribution in [0.25, 0.3) is 0 Å². The zero-order chi connectivity index (χ0) is 16.2. The Morgan fingerprint density at radius 3 is 2.30 bits per heavy atom. The van der Waals surface area contributed by atoms with Gasteiger partial charge in [-0.25, -0.2) is 0 Å². The number of carbonyl (C=O) groups is 2. The highest BCUT2D eigenvalue weighted by atomic mass is 16.5. The molecule has 0 aliphatic carbocycles. The highest BCUT2D eigenvalue weighted by Gasteiger charge is 2.31. The largest absolute Gasteiger partial charge is 0.484 e. The maximum atomic E-state index is 12.6. The van der Waals surface area contributed by atoms with Crippen molar-refractivity contribution in [2.45, 2.75) is 12.8 Å².